The molecule has 2 heterocycles. The van der Waals surface area contributed by atoms with Crippen molar-refractivity contribution in [1.82, 2.24) is 9.78 Å². The van der Waals surface area contributed by atoms with Gasteiger partial charge in [0.1, 0.15) is 5.75 Å². The molecule has 0 bridgehead atoms. The minimum absolute atomic E-state index is 0.00918. The van der Waals surface area contributed by atoms with Crippen LogP contribution in [0.1, 0.15) is 51.6 Å². The number of carbonyl (C=O) groups is 1. The van der Waals surface area contributed by atoms with Gasteiger partial charge in [0.15, 0.2) is 0 Å². The van der Waals surface area contributed by atoms with Crippen molar-refractivity contribution in [2.24, 2.45) is 5.41 Å². The summed E-state index contributed by atoms with van der Waals surface area (Å²) in [6, 6.07) is 4.22. The summed E-state index contributed by atoms with van der Waals surface area (Å²) in [6.07, 6.45) is 6.75. The predicted molar refractivity (Wildman–Crippen MR) is 111 cm³/mol. The van der Waals surface area contributed by atoms with Gasteiger partial charge >= 0.3 is 6.09 Å². The molecule has 0 spiro atoms. The molecule has 4 rings (SSSR count). The van der Waals surface area contributed by atoms with Gasteiger partial charge in [-0.1, -0.05) is 13.8 Å². The van der Waals surface area contributed by atoms with Crippen LogP contribution in [0.2, 0.25) is 0 Å². The van der Waals surface area contributed by atoms with E-state index >= 15 is 0 Å². The van der Waals surface area contributed by atoms with Crippen LogP contribution in [-0.2, 0) is 6.42 Å². The van der Waals surface area contributed by atoms with E-state index in [4.69, 9.17) is 4.74 Å². The molecule has 2 aromatic rings. The molecule has 7 heteroatoms. The molecule has 29 heavy (non-hydrogen) atoms. The molecule has 2 aliphatic rings. The number of hydrogen-bond acceptors (Lipinski definition) is 4. The van der Waals surface area contributed by atoms with Crippen LogP contribution in [0.5, 0.6) is 5.75 Å². The Morgan fingerprint density at radius 1 is 1.31 bits per heavy atom. The van der Waals surface area contributed by atoms with Crippen LogP contribution in [0.4, 0.5) is 10.5 Å². The molecule has 1 fully saturated rings. The van der Waals surface area contributed by atoms with Crippen LogP contribution in [0.3, 0.4) is 0 Å². The van der Waals surface area contributed by atoms with E-state index in [1.807, 2.05) is 50.0 Å². The lowest BCUT2D eigenvalue weighted by Crippen LogP contribution is -2.41. The monoisotopic (exact) mass is 399 g/mol. The van der Waals surface area contributed by atoms with E-state index in [-0.39, 0.29) is 12.6 Å². The van der Waals surface area contributed by atoms with Gasteiger partial charge in [-0.3, -0.25) is 9.58 Å². The van der Waals surface area contributed by atoms with Crippen molar-refractivity contribution in [3.05, 3.63) is 30.1 Å². The quantitative estimate of drug-likeness (QED) is 0.763. The first-order chi connectivity index (χ1) is 13.8. The fourth-order valence-corrected chi connectivity index (χ4v) is 3.82. The summed E-state index contributed by atoms with van der Waals surface area (Å²) in [7, 11) is 0. The lowest BCUT2D eigenvalue weighted by atomic mass is 9.92. The summed E-state index contributed by atoms with van der Waals surface area (Å²) in [5.41, 5.74) is 3.09. The standard InChI is InChI=1S/C22H29N3O4/c1-14-4-7-18-19(25(14)21(27)28)9-8-17(20(18)29-13-22(2,3)12-26)15-10-23-24(11-15)16-5-6-16/h8-11,14,16,26H,4-7,12-13H2,1-3H3,(H,27,28)/t14-/m0/s1. The van der Waals surface area contributed by atoms with Gasteiger partial charge in [-0.25, -0.2) is 4.79 Å². The second-order valence-corrected chi connectivity index (χ2v) is 9.03. The van der Waals surface area contributed by atoms with Gasteiger partial charge in [-0.05, 0) is 44.7 Å². The Hall–Kier alpha value is -2.54. The van der Waals surface area contributed by atoms with Crippen molar-refractivity contribution in [3.63, 3.8) is 0 Å². The molecule has 1 aliphatic carbocycles. The number of aromatic nitrogens is 2. The molecule has 1 atom stereocenters. The minimum atomic E-state index is -0.950. The van der Waals surface area contributed by atoms with Gasteiger partial charge in [0, 0.05) is 34.3 Å². The molecular weight excluding hydrogens is 370 g/mol. The molecule has 7 nitrogen and oxygen atoms in total. The second kappa shape index (κ2) is 7.37. The van der Waals surface area contributed by atoms with Crippen molar-refractivity contribution < 1.29 is 19.7 Å². The zero-order chi connectivity index (χ0) is 20.8. The number of anilines is 1. The lowest BCUT2D eigenvalue weighted by Gasteiger charge is -2.35. The van der Waals surface area contributed by atoms with Crippen LogP contribution in [-0.4, -0.2) is 45.3 Å². The molecular formula is C22H29N3O4. The predicted octanol–water partition coefficient (Wildman–Crippen LogP) is 4.10. The molecule has 1 aromatic heterocycles. The zero-order valence-electron chi connectivity index (χ0n) is 17.3. The van der Waals surface area contributed by atoms with Gasteiger partial charge < -0.3 is 14.9 Å². The van der Waals surface area contributed by atoms with Crippen LogP contribution < -0.4 is 9.64 Å². The van der Waals surface area contributed by atoms with E-state index in [2.05, 4.69) is 5.10 Å². The third-order valence-electron chi connectivity index (χ3n) is 5.82. The smallest absolute Gasteiger partial charge is 0.412 e. The number of nitrogens with zero attached hydrogens (tertiary/aromatic N) is 3. The van der Waals surface area contributed by atoms with E-state index in [9.17, 15) is 15.0 Å². The van der Waals surface area contributed by atoms with Crippen LogP contribution in [0.25, 0.3) is 11.1 Å². The van der Waals surface area contributed by atoms with E-state index < -0.39 is 11.5 Å². The SMILES string of the molecule is C[C@H]1CCc2c(ccc(-c3cnn(C4CC4)c3)c2OCC(C)(C)CO)N1C(=O)O. The highest BCUT2D eigenvalue weighted by Crippen LogP contribution is 2.44. The van der Waals surface area contributed by atoms with Crippen molar-refractivity contribution in [2.75, 3.05) is 18.1 Å². The molecule has 1 saturated carbocycles. The van der Waals surface area contributed by atoms with Crippen molar-refractivity contribution in [1.29, 1.82) is 0 Å². The number of benzene rings is 1. The fraction of sp³-hybridized carbons (Fsp3) is 0.545. The maximum atomic E-state index is 11.9. The zero-order valence-corrected chi connectivity index (χ0v) is 17.3. The third kappa shape index (κ3) is 3.83. The average Bonchev–Trinajstić information content (AvgIpc) is 3.42. The topological polar surface area (TPSA) is 87.8 Å². The summed E-state index contributed by atoms with van der Waals surface area (Å²) in [4.78, 5) is 13.3. The first kappa shape index (κ1) is 19.8. The summed E-state index contributed by atoms with van der Waals surface area (Å²) < 4.78 is 8.28. The van der Waals surface area contributed by atoms with Gasteiger partial charge in [0.2, 0.25) is 0 Å². The molecule has 156 valence electrons. The van der Waals surface area contributed by atoms with Crippen LogP contribution in [0, 0.1) is 5.41 Å². The Morgan fingerprint density at radius 2 is 2.07 bits per heavy atom. The first-order valence-corrected chi connectivity index (χ1v) is 10.3. The van der Waals surface area contributed by atoms with E-state index in [0.717, 1.165) is 42.4 Å². The number of fused-ring (bicyclic) bond motifs is 1. The number of hydrogen-bond donors (Lipinski definition) is 2. The second-order valence-electron chi connectivity index (χ2n) is 9.03. The Labute approximate surface area is 170 Å². The third-order valence-corrected chi connectivity index (χ3v) is 5.82. The molecule has 0 unspecified atom stereocenters. The van der Waals surface area contributed by atoms with Crippen molar-refractivity contribution in [3.8, 4) is 16.9 Å². The highest BCUT2D eigenvalue weighted by Gasteiger charge is 2.32. The Morgan fingerprint density at radius 3 is 2.72 bits per heavy atom. The highest BCUT2D eigenvalue weighted by molar-refractivity contribution is 5.91. The van der Waals surface area contributed by atoms with Gasteiger partial charge in [-0.15, -0.1) is 0 Å². The maximum absolute atomic E-state index is 11.9. The lowest BCUT2D eigenvalue weighted by molar-refractivity contribution is 0.0972. The summed E-state index contributed by atoms with van der Waals surface area (Å²) in [5, 5.41) is 23.9. The van der Waals surface area contributed by atoms with Crippen molar-refractivity contribution in [2.45, 2.75) is 58.5 Å². The number of amides is 1. The molecule has 1 aliphatic heterocycles. The molecule has 1 amide bonds. The van der Waals surface area contributed by atoms with E-state index in [0.29, 0.717) is 24.1 Å². The van der Waals surface area contributed by atoms with Crippen molar-refractivity contribution >= 4 is 11.8 Å². The van der Waals surface area contributed by atoms with E-state index in [1.165, 1.54) is 4.90 Å². The van der Waals surface area contributed by atoms with Gasteiger partial charge in [-0.2, -0.15) is 5.10 Å². The Balaban J connectivity index is 1.78. The number of aliphatic hydroxyl groups is 1. The normalized spacial score (nSPS) is 19.2. The van der Waals surface area contributed by atoms with Gasteiger partial charge in [0.05, 0.1) is 31.1 Å². The Bertz CT molecular complexity index is 917. The number of aliphatic hydroxyl groups excluding tert-OH is 1. The number of ether oxygens (including phenoxy) is 1. The largest absolute Gasteiger partial charge is 0.492 e. The molecule has 0 saturated heterocycles. The highest BCUT2D eigenvalue weighted by atomic mass is 16.5. The van der Waals surface area contributed by atoms with Crippen LogP contribution in [0.15, 0.2) is 24.5 Å². The number of rotatable bonds is 6. The molecule has 1 aromatic carbocycles. The summed E-state index contributed by atoms with van der Waals surface area (Å²) in [5.74, 6) is 0.706. The first-order valence-electron chi connectivity index (χ1n) is 10.3. The van der Waals surface area contributed by atoms with Crippen LogP contribution >= 0.6 is 0 Å². The maximum Gasteiger partial charge on any atom is 0.412 e. The van der Waals surface area contributed by atoms with Gasteiger partial charge in [0.25, 0.3) is 0 Å². The fourth-order valence-electron chi connectivity index (χ4n) is 3.82. The molecule has 0 radical (unpaired) electrons. The van der Waals surface area contributed by atoms with E-state index in [1.54, 1.807) is 0 Å². The summed E-state index contributed by atoms with van der Waals surface area (Å²) >= 11 is 0. The molecule has 2 N–H and O–H groups in total. The minimum Gasteiger partial charge on any atom is -0.492 e. The Kier molecular flexibility index (Phi) is 5.02. The average molecular weight is 399 g/mol. The number of carboxylic acid groups (broad SMARTS) is 1. The summed E-state index contributed by atoms with van der Waals surface area (Å²) in [6.45, 7) is 6.17.